The molecule has 1 heterocycles. The van der Waals surface area contributed by atoms with Gasteiger partial charge >= 0.3 is 11.7 Å². The monoisotopic (exact) mass is 287 g/mol. The van der Waals surface area contributed by atoms with Gasteiger partial charge in [-0.25, -0.2) is 4.79 Å². The molecule has 0 saturated heterocycles. The number of nitrogens with one attached hydrogen (secondary N) is 1. The Balaban J connectivity index is 2.39. The van der Waals surface area contributed by atoms with Crippen molar-refractivity contribution in [2.75, 3.05) is 18.6 Å². The average molecular weight is 287 g/mol. The lowest BCUT2D eigenvalue weighted by molar-refractivity contribution is -0.138. The third kappa shape index (κ3) is 3.53. The zero-order chi connectivity index (χ0) is 15.2. The van der Waals surface area contributed by atoms with E-state index in [1.807, 2.05) is 0 Å². The molecule has 7 heteroatoms. The first-order valence-electron chi connectivity index (χ1n) is 6.11. The van der Waals surface area contributed by atoms with Gasteiger partial charge in [0.25, 0.3) is 5.91 Å². The van der Waals surface area contributed by atoms with E-state index in [0.717, 1.165) is 4.90 Å². The van der Waals surface area contributed by atoms with E-state index in [4.69, 9.17) is 0 Å². The molecule has 1 aromatic heterocycles. The van der Waals surface area contributed by atoms with Crippen LogP contribution in [0, 0.1) is 0 Å². The van der Waals surface area contributed by atoms with Gasteiger partial charge < -0.3 is 9.72 Å². The van der Waals surface area contributed by atoms with Crippen LogP contribution in [0.15, 0.2) is 47.4 Å². The molecule has 0 aliphatic rings. The van der Waals surface area contributed by atoms with Crippen LogP contribution in [-0.4, -0.2) is 35.5 Å². The molecule has 2 rings (SSSR count). The van der Waals surface area contributed by atoms with Crippen molar-refractivity contribution >= 4 is 17.7 Å². The lowest BCUT2D eigenvalue weighted by atomic mass is 10.2. The molecule has 0 aliphatic carbocycles. The number of carbonyl (C=O) groups excluding carboxylic acids is 2. The van der Waals surface area contributed by atoms with Gasteiger partial charge in [-0.1, -0.05) is 18.2 Å². The molecule has 1 amide bonds. The fraction of sp³-hybridized carbons (Fsp3) is 0.143. The quantitative estimate of drug-likeness (QED) is 0.831. The molecule has 1 aromatic carbocycles. The maximum Gasteiger partial charge on any atom is 0.346 e. The van der Waals surface area contributed by atoms with E-state index >= 15 is 0 Å². The van der Waals surface area contributed by atoms with Crippen molar-refractivity contribution in [2.45, 2.75) is 0 Å². The average Bonchev–Trinajstić information content (AvgIpc) is 2.52. The van der Waals surface area contributed by atoms with E-state index < -0.39 is 17.6 Å². The molecule has 0 spiro atoms. The summed E-state index contributed by atoms with van der Waals surface area (Å²) in [6.07, 6.45) is 1.35. The second-order valence-electron chi connectivity index (χ2n) is 4.09. The topological polar surface area (TPSA) is 92.4 Å². The number of esters is 1. The summed E-state index contributed by atoms with van der Waals surface area (Å²) in [6.45, 7) is -0.333. The Morgan fingerprint density at radius 3 is 2.57 bits per heavy atom. The zero-order valence-electron chi connectivity index (χ0n) is 11.3. The minimum atomic E-state index is -0.610. The van der Waals surface area contributed by atoms with Crippen LogP contribution in [0.25, 0.3) is 0 Å². The van der Waals surface area contributed by atoms with Crippen molar-refractivity contribution in [1.29, 1.82) is 0 Å². The van der Waals surface area contributed by atoms with Crippen LogP contribution in [-0.2, 0) is 9.53 Å². The van der Waals surface area contributed by atoms with Gasteiger partial charge in [0.15, 0.2) is 0 Å². The molecular weight excluding hydrogens is 274 g/mol. The fourth-order valence-electron chi connectivity index (χ4n) is 1.70. The number of aromatic amines is 1. The van der Waals surface area contributed by atoms with Gasteiger partial charge in [-0.15, -0.1) is 0 Å². The third-order valence-electron chi connectivity index (χ3n) is 2.71. The highest BCUT2D eigenvalue weighted by atomic mass is 16.5. The number of rotatable bonds is 4. The van der Waals surface area contributed by atoms with Crippen LogP contribution in [0.2, 0.25) is 0 Å². The fourth-order valence-corrected chi connectivity index (χ4v) is 1.70. The highest BCUT2D eigenvalue weighted by Crippen LogP contribution is 2.12. The van der Waals surface area contributed by atoms with E-state index in [1.165, 1.54) is 19.4 Å². The van der Waals surface area contributed by atoms with Gasteiger partial charge in [0, 0.05) is 11.8 Å². The summed E-state index contributed by atoms with van der Waals surface area (Å²) in [7, 11) is 1.22. The summed E-state index contributed by atoms with van der Waals surface area (Å²) < 4.78 is 4.57. The Kier molecular flexibility index (Phi) is 4.45. The maximum atomic E-state index is 12.5. The second-order valence-corrected chi connectivity index (χ2v) is 4.09. The third-order valence-corrected chi connectivity index (χ3v) is 2.71. The SMILES string of the molecule is COC(=O)CN(C(=O)c1ccccc1)c1cc[nH]c(=O)n1. The van der Waals surface area contributed by atoms with Crippen molar-refractivity contribution < 1.29 is 14.3 Å². The number of ether oxygens (including phenoxy) is 1. The summed E-state index contributed by atoms with van der Waals surface area (Å²) in [5.74, 6) is -0.974. The molecule has 21 heavy (non-hydrogen) atoms. The normalized spacial score (nSPS) is 9.95. The Bertz CT molecular complexity index is 697. The minimum absolute atomic E-state index is 0.0815. The van der Waals surface area contributed by atoms with Crippen molar-refractivity contribution in [3.63, 3.8) is 0 Å². The number of hydrogen-bond donors (Lipinski definition) is 1. The highest BCUT2D eigenvalue weighted by molar-refractivity contribution is 6.07. The molecule has 0 fully saturated rings. The van der Waals surface area contributed by atoms with Crippen molar-refractivity contribution in [3.8, 4) is 0 Å². The van der Waals surface area contributed by atoms with Crippen molar-refractivity contribution in [3.05, 3.63) is 58.6 Å². The number of carbonyl (C=O) groups is 2. The van der Waals surface area contributed by atoms with Gasteiger partial charge in [0.2, 0.25) is 0 Å². The summed E-state index contributed by atoms with van der Waals surface area (Å²) >= 11 is 0. The van der Waals surface area contributed by atoms with Crippen molar-refractivity contribution in [1.82, 2.24) is 9.97 Å². The Labute approximate surface area is 120 Å². The number of hydrogen-bond acceptors (Lipinski definition) is 5. The molecule has 108 valence electrons. The van der Waals surface area contributed by atoms with Gasteiger partial charge in [-0.2, -0.15) is 4.98 Å². The largest absolute Gasteiger partial charge is 0.468 e. The Morgan fingerprint density at radius 1 is 1.24 bits per heavy atom. The first-order valence-corrected chi connectivity index (χ1v) is 6.11. The number of H-pyrrole nitrogens is 1. The summed E-state index contributed by atoms with van der Waals surface area (Å²) in [5, 5.41) is 0. The Morgan fingerprint density at radius 2 is 1.95 bits per heavy atom. The number of amides is 1. The first-order chi connectivity index (χ1) is 10.1. The lowest BCUT2D eigenvalue weighted by Crippen LogP contribution is -2.37. The molecule has 2 aromatic rings. The smallest absolute Gasteiger partial charge is 0.346 e. The van der Waals surface area contributed by atoms with E-state index in [9.17, 15) is 14.4 Å². The van der Waals surface area contributed by atoms with Crippen LogP contribution >= 0.6 is 0 Å². The van der Waals surface area contributed by atoms with E-state index in [-0.39, 0.29) is 12.4 Å². The Hall–Kier alpha value is -2.96. The van der Waals surface area contributed by atoms with Gasteiger partial charge in [0.05, 0.1) is 7.11 Å². The predicted molar refractivity (Wildman–Crippen MR) is 75.0 cm³/mol. The van der Waals surface area contributed by atoms with Crippen LogP contribution < -0.4 is 10.6 Å². The highest BCUT2D eigenvalue weighted by Gasteiger charge is 2.22. The summed E-state index contributed by atoms with van der Waals surface area (Å²) in [5.41, 5.74) is -0.230. The van der Waals surface area contributed by atoms with E-state index in [0.29, 0.717) is 5.56 Å². The number of aromatic nitrogens is 2. The molecule has 0 unspecified atom stereocenters. The molecule has 1 N–H and O–H groups in total. The number of nitrogens with zero attached hydrogens (tertiary/aromatic N) is 2. The second kappa shape index (κ2) is 6.47. The van der Waals surface area contributed by atoms with E-state index in [2.05, 4.69) is 14.7 Å². The van der Waals surface area contributed by atoms with Crippen LogP contribution in [0.1, 0.15) is 10.4 Å². The standard InChI is InChI=1S/C14H13N3O4/c1-21-12(18)9-17(11-7-8-15-14(20)16-11)13(19)10-5-3-2-4-6-10/h2-8H,9H2,1H3,(H,15,16,20). The first kappa shape index (κ1) is 14.4. The van der Waals surface area contributed by atoms with Gasteiger partial charge in [-0.05, 0) is 18.2 Å². The van der Waals surface area contributed by atoms with Crippen LogP contribution in [0.4, 0.5) is 5.82 Å². The predicted octanol–water partition coefficient (Wildman–Crippen LogP) is 0.590. The molecular formula is C14H13N3O4. The van der Waals surface area contributed by atoms with Crippen LogP contribution in [0.3, 0.4) is 0 Å². The molecule has 0 saturated carbocycles. The molecule has 0 atom stereocenters. The van der Waals surface area contributed by atoms with Gasteiger partial charge in [0.1, 0.15) is 12.4 Å². The number of anilines is 1. The molecule has 7 nitrogen and oxygen atoms in total. The lowest BCUT2D eigenvalue weighted by Gasteiger charge is -2.20. The summed E-state index contributed by atoms with van der Waals surface area (Å²) in [4.78, 5) is 42.4. The van der Waals surface area contributed by atoms with Gasteiger partial charge in [-0.3, -0.25) is 14.5 Å². The minimum Gasteiger partial charge on any atom is -0.468 e. The van der Waals surface area contributed by atoms with E-state index in [1.54, 1.807) is 30.3 Å². The molecule has 0 bridgehead atoms. The molecule has 0 radical (unpaired) electrons. The summed E-state index contributed by atoms with van der Waals surface area (Å²) in [6, 6.07) is 9.83. The number of methoxy groups -OCH3 is 1. The molecule has 0 aliphatic heterocycles. The van der Waals surface area contributed by atoms with Crippen LogP contribution in [0.5, 0.6) is 0 Å². The maximum absolute atomic E-state index is 12.5. The number of benzene rings is 1. The zero-order valence-corrected chi connectivity index (χ0v) is 11.3. The van der Waals surface area contributed by atoms with Crippen molar-refractivity contribution in [2.24, 2.45) is 0 Å².